The molecule has 0 fully saturated rings. The van der Waals surface area contributed by atoms with Crippen molar-refractivity contribution < 1.29 is 0 Å². The maximum atomic E-state index is 11.0. The first-order chi connectivity index (χ1) is 8.24. The van der Waals surface area contributed by atoms with Gasteiger partial charge in [0.15, 0.2) is 0 Å². The van der Waals surface area contributed by atoms with E-state index in [1.807, 2.05) is 18.2 Å². The topological polar surface area (TPSA) is 87.6 Å². The number of pyridine rings is 1. The molecule has 17 heavy (non-hydrogen) atoms. The average molecular weight is 226 g/mol. The number of nitrogens with two attached hydrogens (primary N) is 1. The molecule has 84 valence electrons. The third-order valence-corrected chi connectivity index (χ3v) is 2.64. The normalized spacial score (nSPS) is 10.8. The monoisotopic (exact) mass is 226 g/mol. The van der Waals surface area contributed by atoms with Gasteiger partial charge in [-0.15, -0.1) is 0 Å². The number of nitrogens with zero attached hydrogens (tertiary/aromatic N) is 1. The lowest BCUT2D eigenvalue weighted by atomic mass is 10.1. The van der Waals surface area contributed by atoms with Crippen molar-refractivity contribution in [1.82, 2.24) is 15.2 Å². The van der Waals surface area contributed by atoms with E-state index in [1.165, 1.54) is 6.07 Å². The van der Waals surface area contributed by atoms with E-state index >= 15 is 0 Å². The second kappa shape index (κ2) is 3.48. The molecule has 1 aromatic carbocycles. The van der Waals surface area contributed by atoms with Crippen molar-refractivity contribution in [1.29, 1.82) is 0 Å². The zero-order valence-corrected chi connectivity index (χ0v) is 8.90. The van der Waals surface area contributed by atoms with E-state index in [4.69, 9.17) is 5.73 Å². The highest BCUT2D eigenvalue weighted by atomic mass is 16.1. The summed E-state index contributed by atoms with van der Waals surface area (Å²) in [6.07, 6.45) is 1.64. The molecule has 0 atom stereocenters. The number of hydrogen-bond acceptors (Lipinski definition) is 3. The number of fused-ring (bicyclic) bond motifs is 1. The molecule has 3 rings (SSSR count). The molecule has 0 aliphatic carbocycles. The average Bonchev–Trinajstić information content (AvgIpc) is 2.73. The molecular formula is C12H10N4O. The number of nitrogens with one attached hydrogen (secondary N) is 2. The number of benzene rings is 1. The lowest BCUT2D eigenvalue weighted by Crippen LogP contribution is -2.01. The molecule has 0 saturated carbocycles. The lowest BCUT2D eigenvalue weighted by molar-refractivity contribution is 1.12. The van der Waals surface area contributed by atoms with E-state index in [1.54, 1.807) is 12.3 Å². The molecule has 0 radical (unpaired) electrons. The molecule has 2 aromatic heterocycles. The third-order valence-electron chi connectivity index (χ3n) is 2.64. The van der Waals surface area contributed by atoms with Crippen LogP contribution in [-0.2, 0) is 0 Å². The first kappa shape index (κ1) is 9.65. The molecule has 0 saturated heterocycles. The second-order valence-corrected chi connectivity index (χ2v) is 3.82. The Labute approximate surface area is 96.3 Å². The minimum absolute atomic E-state index is 0.131. The number of H-pyrrole nitrogens is 2. The molecule has 0 aliphatic heterocycles. The SMILES string of the molecule is Nc1ccc2[nH]nc(-c3ccc(=O)[nH]c3)c2c1. The summed E-state index contributed by atoms with van der Waals surface area (Å²) in [5.41, 5.74) is 8.85. The fourth-order valence-electron chi connectivity index (χ4n) is 1.81. The molecular weight excluding hydrogens is 216 g/mol. The van der Waals surface area contributed by atoms with Crippen LogP contribution in [0.5, 0.6) is 0 Å². The smallest absolute Gasteiger partial charge is 0.247 e. The summed E-state index contributed by atoms with van der Waals surface area (Å²) in [7, 11) is 0. The summed E-state index contributed by atoms with van der Waals surface area (Å²) < 4.78 is 0. The van der Waals surface area contributed by atoms with Gasteiger partial charge in [0.2, 0.25) is 5.56 Å². The summed E-state index contributed by atoms with van der Waals surface area (Å²) >= 11 is 0. The summed E-state index contributed by atoms with van der Waals surface area (Å²) in [5.74, 6) is 0. The molecule has 5 nitrogen and oxygen atoms in total. The maximum Gasteiger partial charge on any atom is 0.247 e. The Balaban J connectivity index is 2.26. The van der Waals surface area contributed by atoms with Crippen LogP contribution in [0.4, 0.5) is 5.69 Å². The number of rotatable bonds is 1. The largest absolute Gasteiger partial charge is 0.399 e. The van der Waals surface area contributed by atoms with Crippen molar-refractivity contribution >= 4 is 16.6 Å². The molecule has 0 aliphatic rings. The van der Waals surface area contributed by atoms with Gasteiger partial charge in [0.1, 0.15) is 5.69 Å². The maximum absolute atomic E-state index is 11.0. The zero-order valence-electron chi connectivity index (χ0n) is 8.90. The zero-order chi connectivity index (χ0) is 11.8. The Morgan fingerprint density at radius 3 is 2.82 bits per heavy atom. The molecule has 0 bridgehead atoms. The molecule has 4 N–H and O–H groups in total. The van der Waals surface area contributed by atoms with Crippen LogP contribution in [0, 0.1) is 0 Å². The molecule has 3 aromatic rings. The van der Waals surface area contributed by atoms with Crippen molar-refractivity contribution in [3.05, 3.63) is 46.9 Å². The van der Waals surface area contributed by atoms with Gasteiger partial charge in [-0.2, -0.15) is 5.10 Å². The van der Waals surface area contributed by atoms with Gasteiger partial charge in [-0.25, -0.2) is 0 Å². The van der Waals surface area contributed by atoms with Crippen LogP contribution in [-0.4, -0.2) is 15.2 Å². The van der Waals surface area contributed by atoms with Crippen LogP contribution in [0.3, 0.4) is 0 Å². The van der Waals surface area contributed by atoms with Gasteiger partial charge in [-0.3, -0.25) is 9.89 Å². The van der Waals surface area contributed by atoms with Crippen LogP contribution < -0.4 is 11.3 Å². The Kier molecular flexibility index (Phi) is 1.98. The van der Waals surface area contributed by atoms with Gasteiger partial charge in [0.25, 0.3) is 0 Å². The molecule has 0 amide bonds. The number of aromatic nitrogens is 3. The minimum Gasteiger partial charge on any atom is -0.399 e. The van der Waals surface area contributed by atoms with Crippen molar-refractivity contribution in [3.63, 3.8) is 0 Å². The third kappa shape index (κ3) is 1.57. The fourth-order valence-corrected chi connectivity index (χ4v) is 1.81. The van der Waals surface area contributed by atoms with Gasteiger partial charge >= 0.3 is 0 Å². The second-order valence-electron chi connectivity index (χ2n) is 3.82. The first-order valence-corrected chi connectivity index (χ1v) is 5.17. The predicted molar refractivity (Wildman–Crippen MR) is 66.6 cm³/mol. The van der Waals surface area contributed by atoms with E-state index < -0.39 is 0 Å². The van der Waals surface area contributed by atoms with Crippen LogP contribution >= 0.6 is 0 Å². The highest BCUT2D eigenvalue weighted by Crippen LogP contribution is 2.26. The lowest BCUT2D eigenvalue weighted by Gasteiger charge is -1.97. The minimum atomic E-state index is -0.131. The quantitative estimate of drug-likeness (QED) is 0.549. The Bertz CT molecular complexity index is 721. The van der Waals surface area contributed by atoms with Gasteiger partial charge in [0.05, 0.1) is 5.52 Å². The fraction of sp³-hybridized carbons (Fsp3) is 0. The van der Waals surface area contributed by atoms with Crippen LogP contribution in [0.2, 0.25) is 0 Å². The summed E-state index contributed by atoms with van der Waals surface area (Å²) in [4.78, 5) is 13.6. The van der Waals surface area contributed by atoms with Crippen molar-refractivity contribution in [2.45, 2.75) is 0 Å². The first-order valence-electron chi connectivity index (χ1n) is 5.17. The van der Waals surface area contributed by atoms with Gasteiger partial charge in [0, 0.05) is 28.9 Å². The van der Waals surface area contributed by atoms with Gasteiger partial charge in [-0.05, 0) is 24.3 Å². The van der Waals surface area contributed by atoms with Crippen LogP contribution in [0.1, 0.15) is 0 Å². The number of nitrogen functional groups attached to an aromatic ring is 1. The van der Waals surface area contributed by atoms with E-state index in [9.17, 15) is 4.79 Å². The highest BCUT2D eigenvalue weighted by Gasteiger charge is 2.08. The Hall–Kier alpha value is -2.56. The number of hydrogen-bond donors (Lipinski definition) is 3. The summed E-state index contributed by atoms with van der Waals surface area (Å²) in [6.45, 7) is 0. The predicted octanol–water partition coefficient (Wildman–Crippen LogP) is 1.50. The highest BCUT2D eigenvalue weighted by molar-refractivity contribution is 5.94. The summed E-state index contributed by atoms with van der Waals surface area (Å²) in [6, 6.07) is 8.77. The number of aromatic amines is 2. The van der Waals surface area contributed by atoms with E-state index in [0.717, 1.165) is 22.2 Å². The standard InChI is InChI=1S/C12H10N4O/c13-8-2-3-10-9(5-8)12(16-15-10)7-1-4-11(17)14-6-7/h1-6H,13H2,(H,14,17)(H,15,16). The van der Waals surface area contributed by atoms with E-state index in [0.29, 0.717) is 5.69 Å². The van der Waals surface area contributed by atoms with Crippen LogP contribution in [0.25, 0.3) is 22.2 Å². The molecule has 2 heterocycles. The van der Waals surface area contributed by atoms with Crippen molar-refractivity contribution in [3.8, 4) is 11.3 Å². The Morgan fingerprint density at radius 2 is 2.06 bits per heavy atom. The Morgan fingerprint density at radius 1 is 1.18 bits per heavy atom. The van der Waals surface area contributed by atoms with E-state index in [-0.39, 0.29) is 5.56 Å². The van der Waals surface area contributed by atoms with Gasteiger partial charge in [-0.1, -0.05) is 0 Å². The van der Waals surface area contributed by atoms with E-state index in [2.05, 4.69) is 15.2 Å². The number of anilines is 1. The van der Waals surface area contributed by atoms with Crippen molar-refractivity contribution in [2.75, 3.05) is 5.73 Å². The van der Waals surface area contributed by atoms with Crippen LogP contribution in [0.15, 0.2) is 41.3 Å². The summed E-state index contributed by atoms with van der Waals surface area (Å²) in [5, 5.41) is 8.11. The molecule has 5 heteroatoms. The van der Waals surface area contributed by atoms with Gasteiger partial charge < -0.3 is 10.7 Å². The molecule has 0 spiro atoms. The van der Waals surface area contributed by atoms with Crippen molar-refractivity contribution in [2.24, 2.45) is 0 Å². The molecule has 0 unspecified atom stereocenters.